The summed E-state index contributed by atoms with van der Waals surface area (Å²) in [5, 5.41) is 3.04. The maximum absolute atomic E-state index is 11.9. The van der Waals surface area contributed by atoms with E-state index in [-0.39, 0.29) is 42.3 Å². The lowest BCUT2D eigenvalue weighted by atomic mass is 9.83. The van der Waals surface area contributed by atoms with Crippen LogP contribution in [-0.4, -0.2) is 43.0 Å². The van der Waals surface area contributed by atoms with Crippen molar-refractivity contribution in [3.8, 4) is 0 Å². The van der Waals surface area contributed by atoms with Crippen molar-refractivity contribution in [2.75, 3.05) is 20.6 Å². The third-order valence-corrected chi connectivity index (χ3v) is 4.34. The predicted octanol–water partition coefficient (Wildman–Crippen LogP) is 2.19. The Morgan fingerprint density at radius 3 is 2.30 bits per heavy atom. The molecule has 0 heterocycles. The van der Waals surface area contributed by atoms with Crippen LogP contribution in [0.3, 0.4) is 0 Å². The highest BCUT2D eigenvalue weighted by Gasteiger charge is 2.25. The highest BCUT2D eigenvalue weighted by Crippen LogP contribution is 2.25. The van der Waals surface area contributed by atoms with Crippen LogP contribution < -0.4 is 11.1 Å². The summed E-state index contributed by atoms with van der Waals surface area (Å²) in [5.41, 5.74) is 6.06. The second-order valence-electron chi connectivity index (χ2n) is 6.40. The number of carbonyl (C=O) groups excluding carboxylic acids is 1. The quantitative estimate of drug-likeness (QED) is 0.813. The van der Waals surface area contributed by atoms with Crippen LogP contribution in [0.1, 0.15) is 46.0 Å². The van der Waals surface area contributed by atoms with Gasteiger partial charge in [-0.15, -0.1) is 24.8 Å². The summed E-state index contributed by atoms with van der Waals surface area (Å²) >= 11 is 0. The van der Waals surface area contributed by atoms with Crippen LogP contribution in [0.15, 0.2) is 0 Å². The van der Waals surface area contributed by atoms with Crippen LogP contribution in [-0.2, 0) is 4.79 Å². The van der Waals surface area contributed by atoms with Crippen molar-refractivity contribution in [2.24, 2.45) is 11.7 Å². The molecule has 1 aliphatic rings. The number of hydrogen-bond acceptors (Lipinski definition) is 3. The molecule has 0 radical (unpaired) electrons. The molecule has 2 atom stereocenters. The van der Waals surface area contributed by atoms with Crippen molar-refractivity contribution in [1.29, 1.82) is 0 Å². The molecular formula is C14H31Cl2N3O. The molecule has 20 heavy (non-hydrogen) atoms. The Hall–Kier alpha value is -0.0300. The summed E-state index contributed by atoms with van der Waals surface area (Å²) in [5.74, 6) is 0.522. The zero-order valence-electron chi connectivity index (χ0n) is 13.1. The van der Waals surface area contributed by atoms with Gasteiger partial charge < -0.3 is 16.0 Å². The second kappa shape index (κ2) is 9.82. The summed E-state index contributed by atoms with van der Waals surface area (Å²) in [6.45, 7) is 4.93. The minimum atomic E-state index is -0.00958. The van der Waals surface area contributed by atoms with E-state index in [0.29, 0.717) is 18.9 Å². The van der Waals surface area contributed by atoms with Crippen LogP contribution in [0.25, 0.3) is 0 Å². The van der Waals surface area contributed by atoms with Gasteiger partial charge >= 0.3 is 0 Å². The molecule has 0 aromatic heterocycles. The number of nitrogens with zero attached hydrogens (tertiary/aromatic N) is 1. The second-order valence-corrected chi connectivity index (χ2v) is 6.40. The number of halogens is 2. The van der Waals surface area contributed by atoms with E-state index in [9.17, 15) is 4.79 Å². The molecule has 0 aromatic carbocycles. The van der Waals surface area contributed by atoms with Gasteiger partial charge in [-0.05, 0) is 46.7 Å². The molecular weight excluding hydrogens is 297 g/mol. The summed E-state index contributed by atoms with van der Waals surface area (Å²) < 4.78 is 0. The summed E-state index contributed by atoms with van der Waals surface area (Å²) in [7, 11) is 4.06. The fourth-order valence-corrected chi connectivity index (χ4v) is 2.27. The molecule has 4 nitrogen and oxygen atoms in total. The van der Waals surface area contributed by atoms with Crippen LogP contribution in [0, 0.1) is 5.92 Å². The van der Waals surface area contributed by atoms with E-state index in [1.54, 1.807) is 0 Å². The van der Waals surface area contributed by atoms with E-state index in [2.05, 4.69) is 24.1 Å². The lowest BCUT2D eigenvalue weighted by Gasteiger charge is -2.33. The Morgan fingerprint density at radius 1 is 1.25 bits per heavy atom. The van der Waals surface area contributed by atoms with Gasteiger partial charge in [-0.25, -0.2) is 0 Å². The Balaban J connectivity index is 0. The molecule has 1 fully saturated rings. The average molecular weight is 328 g/mol. The standard InChI is InChI=1S/C14H29N3O.2ClH/c1-14(2,17(3)4)10-16-13(18)9-11-7-5-6-8-12(11)15;;/h11-12H,5-10,15H2,1-4H3,(H,16,18);2*1H. The first kappa shape index (κ1) is 22.3. The summed E-state index contributed by atoms with van der Waals surface area (Å²) in [6.07, 6.45) is 5.19. The van der Waals surface area contributed by atoms with Gasteiger partial charge in [0, 0.05) is 24.5 Å². The van der Waals surface area contributed by atoms with Gasteiger partial charge in [0.2, 0.25) is 5.91 Å². The SMILES string of the molecule is CN(C)C(C)(C)CNC(=O)CC1CCCCC1N.Cl.Cl. The summed E-state index contributed by atoms with van der Waals surface area (Å²) in [4.78, 5) is 14.1. The first-order chi connectivity index (χ1) is 8.33. The molecule has 2 unspecified atom stereocenters. The number of nitrogens with two attached hydrogens (primary N) is 1. The van der Waals surface area contributed by atoms with Crippen molar-refractivity contribution < 1.29 is 4.79 Å². The molecule has 122 valence electrons. The number of amides is 1. The molecule has 3 N–H and O–H groups in total. The molecule has 0 aromatic rings. The van der Waals surface area contributed by atoms with Gasteiger partial charge in [0.25, 0.3) is 0 Å². The van der Waals surface area contributed by atoms with E-state index < -0.39 is 0 Å². The normalized spacial score (nSPS) is 22.7. The van der Waals surface area contributed by atoms with Crippen molar-refractivity contribution in [1.82, 2.24) is 10.2 Å². The number of carbonyl (C=O) groups is 1. The molecule has 0 spiro atoms. The largest absolute Gasteiger partial charge is 0.354 e. The molecule has 6 heteroatoms. The van der Waals surface area contributed by atoms with Crippen molar-refractivity contribution in [3.63, 3.8) is 0 Å². The monoisotopic (exact) mass is 327 g/mol. The maximum Gasteiger partial charge on any atom is 0.220 e. The van der Waals surface area contributed by atoms with Crippen LogP contribution in [0.2, 0.25) is 0 Å². The minimum absolute atomic E-state index is 0. The van der Waals surface area contributed by atoms with Crippen molar-refractivity contribution in [2.45, 2.75) is 57.5 Å². The number of rotatable bonds is 5. The van der Waals surface area contributed by atoms with Gasteiger partial charge in [0.15, 0.2) is 0 Å². The van der Waals surface area contributed by atoms with Gasteiger partial charge in [0.05, 0.1) is 0 Å². The molecule has 1 saturated carbocycles. The van der Waals surface area contributed by atoms with Crippen LogP contribution in [0.4, 0.5) is 0 Å². The van der Waals surface area contributed by atoms with E-state index in [1.165, 1.54) is 12.8 Å². The van der Waals surface area contributed by atoms with Crippen LogP contribution in [0.5, 0.6) is 0 Å². The van der Waals surface area contributed by atoms with E-state index in [0.717, 1.165) is 12.8 Å². The zero-order chi connectivity index (χ0) is 13.8. The third kappa shape index (κ3) is 7.11. The maximum atomic E-state index is 11.9. The molecule has 0 bridgehead atoms. The fraction of sp³-hybridized carbons (Fsp3) is 0.929. The Kier molecular flexibility index (Phi) is 10.9. The first-order valence-electron chi connectivity index (χ1n) is 7.02. The van der Waals surface area contributed by atoms with Crippen molar-refractivity contribution in [3.05, 3.63) is 0 Å². The molecule has 1 aliphatic carbocycles. The van der Waals surface area contributed by atoms with E-state index in [1.807, 2.05) is 14.1 Å². The Morgan fingerprint density at radius 2 is 1.80 bits per heavy atom. The Labute approximate surface area is 136 Å². The Bertz CT molecular complexity index is 286. The lowest BCUT2D eigenvalue weighted by molar-refractivity contribution is -0.122. The van der Waals surface area contributed by atoms with Gasteiger partial charge in [-0.3, -0.25) is 4.79 Å². The smallest absolute Gasteiger partial charge is 0.220 e. The molecule has 1 rings (SSSR count). The number of likely N-dealkylation sites (N-methyl/N-ethyl adjacent to an activating group) is 1. The van der Waals surface area contributed by atoms with Crippen LogP contribution >= 0.6 is 24.8 Å². The van der Waals surface area contributed by atoms with E-state index in [4.69, 9.17) is 5.73 Å². The average Bonchev–Trinajstić information content (AvgIpc) is 2.29. The van der Waals surface area contributed by atoms with Gasteiger partial charge in [-0.1, -0.05) is 12.8 Å². The number of hydrogen-bond donors (Lipinski definition) is 2. The zero-order valence-corrected chi connectivity index (χ0v) is 14.8. The van der Waals surface area contributed by atoms with Gasteiger partial charge in [0.1, 0.15) is 0 Å². The number of nitrogens with one attached hydrogen (secondary N) is 1. The molecule has 1 amide bonds. The van der Waals surface area contributed by atoms with Gasteiger partial charge in [-0.2, -0.15) is 0 Å². The van der Waals surface area contributed by atoms with E-state index >= 15 is 0 Å². The fourth-order valence-electron chi connectivity index (χ4n) is 2.27. The predicted molar refractivity (Wildman–Crippen MR) is 89.8 cm³/mol. The summed E-state index contributed by atoms with van der Waals surface area (Å²) in [6, 6.07) is 0.214. The highest BCUT2D eigenvalue weighted by atomic mass is 35.5. The lowest BCUT2D eigenvalue weighted by Crippen LogP contribution is -2.48. The minimum Gasteiger partial charge on any atom is -0.354 e. The highest BCUT2D eigenvalue weighted by molar-refractivity contribution is 5.85. The van der Waals surface area contributed by atoms with Crippen molar-refractivity contribution >= 4 is 30.7 Å². The molecule has 0 saturated heterocycles. The molecule has 0 aliphatic heterocycles. The third-order valence-electron chi connectivity index (χ3n) is 4.34. The topological polar surface area (TPSA) is 58.4 Å². The first-order valence-corrected chi connectivity index (χ1v) is 7.02.